The quantitative estimate of drug-likeness (QED) is 0.291. The van der Waals surface area contributed by atoms with Gasteiger partial charge in [0.1, 0.15) is 17.5 Å². The van der Waals surface area contributed by atoms with Crippen LogP contribution in [0.15, 0.2) is 36.4 Å². The summed E-state index contributed by atoms with van der Waals surface area (Å²) in [7, 11) is 2.90. The Labute approximate surface area is 200 Å². The van der Waals surface area contributed by atoms with Gasteiger partial charge in [-0.05, 0) is 24.1 Å². The summed E-state index contributed by atoms with van der Waals surface area (Å²) in [6.45, 7) is 2.68. The molecule has 0 aliphatic rings. The molecule has 2 N–H and O–H groups in total. The molecule has 34 heavy (non-hydrogen) atoms. The molecule has 0 spiro atoms. The Bertz CT molecular complexity index is 1090. The minimum Gasteiger partial charge on any atom is -0.497 e. The van der Waals surface area contributed by atoms with Gasteiger partial charge in [-0.25, -0.2) is 4.79 Å². The zero-order valence-electron chi connectivity index (χ0n) is 18.9. The lowest BCUT2D eigenvalue weighted by atomic mass is 10.0. The molecule has 2 aromatic carbocycles. The monoisotopic (exact) mass is 493 g/mol. The minimum absolute atomic E-state index is 0.0226. The first-order chi connectivity index (χ1) is 16.1. The van der Waals surface area contributed by atoms with Gasteiger partial charge in [0.05, 0.1) is 35.4 Å². The number of rotatable bonds is 10. The van der Waals surface area contributed by atoms with Gasteiger partial charge in [-0.15, -0.1) is 0 Å². The molecule has 0 heterocycles. The lowest BCUT2D eigenvalue weighted by Gasteiger charge is -2.21. The van der Waals surface area contributed by atoms with Crippen molar-refractivity contribution in [3.05, 3.63) is 57.1 Å². The maximum Gasteiger partial charge on any atom is 0.329 e. The fourth-order valence-corrected chi connectivity index (χ4v) is 3.05. The summed E-state index contributed by atoms with van der Waals surface area (Å²) in [6, 6.07) is 7.04. The predicted molar refractivity (Wildman–Crippen MR) is 123 cm³/mol. The number of carbonyl (C=O) groups is 3. The molecule has 2 amide bonds. The fourth-order valence-electron chi connectivity index (χ4n) is 2.84. The Kier molecular flexibility index (Phi) is 9.19. The van der Waals surface area contributed by atoms with E-state index in [1.165, 1.54) is 20.3 Å². The van der Waals surface area contributed by atoms with Crippen molar-refractivity contribution in [2.24, 2.45) is 5.92 Å². The number of methoxy groups -OCH3 is 2. The van der Waals surface area contributed by atoms with Crippen LogP contribution in [0.1, 0.15) is 24.2 Å². The van der Waals surface area contributed by atoms with E-state index in [0.29, 0.717) is 17.2 Å². The van der Waals surface area contributed by atoms with Gasteiger partial charge in [-0.3, -0.25) is 19.7 Å². The summed E-state index contributed by atoms with van der Waals surface area (Å²) < 4.78 is 15.4. The molecule has 0 fully saturated rings. The van der Waals surface area contributed by atoms with Crippen molar-refractivity contribution in [3.8, 4) is 11.5 Å². The molecule has 12 heteroatoms. The van der Waals surface area contributed by atoms with Crippen LogP contribution >= 0.6 is 11.6 Å². The molecular weight excluding hydrogens is 470 g/mol. The maximum atomic E-state index is 12.6. The molecule has 0 aromatic heterocycles. The molecule has 2 rings (SSSR count). The van der Waals surface area contributed by atoms with E-state index < -0.39 is 41.3 Å². The Balaban J connectivity index is 2.06. The van der Waals surface area contributed by atoms with Gasteiger partial charge in [-0.1, -0.05) is 25.4 Å². The minimum atomic E-state index is -1.14. The Hall–Kier alpha value is -3.86. The van der Waals surface area contributed by atoms with Gasteiger partial charge < -0.3 is 24.8 Å². The smallest absolute Gasteiger partial charge is 0.329 e. The molecular formula is C22H24ClN3O8. The van der Waals surface area contributed by atoms with E-state index in [9.17, 15) is 24.5 Å². The number of nitro benzene ring substituents is 1. The topological polar surface area (TPSA) is 146 Å². The molecule has 2 aromatic rings. The lowest BCUT2D eigenvalue weighted by Crippen LogP contribution is -2.46. The van der Waals surface area contributed by atoms with Crippen LogP contribution in [-0.2, 0) is 14.3 Å². The summed E-state index contributed by atoms with van der Waals surface area (Å²) in [5, 5.41) is 16.0. The van der Waals surface area contributed by atoms with Gasteiger partial charge in [0.25, 0.3) is 17.5 Å². The number of nitrogens with zero attached hydrogens (tertiary/aromatic N) is 1. The van der Waals surface area contributed by atoms with E-state index in [4.69, 9.17) is 25.8 Å². The first-order valence-corrected chi connectivity index (χ1v) is 10.4. The number of halogens is 1. The van der Waals surface area contributed by atoms with Crippen molar-refractivity contribution < 1.29 is 33.5 Å². The second-order valence-electron chi connectivity index (χ2n) is 7.34. The zero-order valence-corrected chi connectivity index (χ0v) is 19.7. The Morgan fingerprint density at radius 1 is 1.09 bits per heavy atom. The number of esters is 1. The third kappa shape index (κ3) is 6.82. The lowest BCUT2D eigenvalue weighted by molar-refractivity contribution is -0.384. The number of non-ortho nitro benzene ring substituents is 1. The molecule has 1 atom stereocenters. The summed E-state index contributed by atoms with van der Waals surface area (Å²) in [5.74, 6) is -1.87. The molecule has 0 bridgehead atoms. The van der Waals surface area contributed by atoms with E-state index in [2.05, 4.69) is 10.6 Å². The van der Waals surface area contributed by atoms with Crippen LogP contribution in [0.25, 0.3) is 0 Å². The second kappa shape index (κ2) is 11.8. The molecule has 0 aliphatic heterocycles. The van der Waals surface area contributed by atoms with Gasteiger partial charge in [-0.2, -0.15) is 0 Å². The number of amides is 2. The van der Waals surface area contributed by atoms with Crippen LogP contribution in [0.2, 0.25) is 5.02 Å². The van der Waals surface area contributed by atoms with Crippen molar-refractivity contribution in [1.29, 1.82) is 0 Å². The van der Waals surface area contributed by atoms with Crippen LogP contribution in [0, 0.1) is 16.0 Å². The molecule has 0 saturated carbocycles. The number of benzene rings is 2. The van der Waals surface area contributed by atoms with Crippen LogP contribution in [0.5, 0.6) is 11.5 Å². The van der Waals surface area contributed by atoms with Crippen molar-refractivity contribution in [3.63, 3.8) is 0 Å². The first kappa shape index (κ1) is 26.4. The SMILES string of the molecule is COc1ccc(OC)c(NC(=O)COC(=O)[C@H](NC(=O)c2cc([N+](=O)[O-])ccc2Cl)C(C)C)c1. The van der Waals surface area contributed by atoms with E-state index in [-0.39, 0.29) is 16.3 Å². The molecule has 0 radical (unpaired) electrons. The average Bonchev–Trinajstić information content (AvgIpc) is 2.80. The van der Waals surface area contributed by atoms with E-state index >= 15 is 0 Å². The fraction of sp³-hybridized carbons (Fsp3) is 0.318. The van der Waals surface area contributed by atoms with Gasteiger partial charge in [0.15, 0.2) is 6.61 Å². The highest BCUT2D eigenvalue weighted by atomic mass is 35.5. The van der Waals surface area contributed by atoms with Crippen molar-refractivity contribution >= 4 is 40.8 Å². The molecule has 182 valence electrons. The molecule has 11 nitrogen and oxygen atoms in total. The summed E-state index contributed by atoms with van der Waals surface area (Å²) in [4.78, 5) is 47.9. The highest BCUT2D eigenvalue weighted by molar-refractivity contribution is 6.34. The maximum absolute atomic E-state index is 12.6. The third-order valence-corrected chi connectivity index (χ3v) is 4.97. The largest absolute Gasteiger partial charge is 0.497 e. The number of anilines is 1. The number of nitrogens with one attached hydrogen (secondary N) is 2. The average molecular weight is 494 g/mol. The predicted octanol–water partition coefficient (Wildman–Crippen LogP) is 3.20. The molecule has 0 aliphatic carbocycles. The number of nitro groups is 1. The van der Waals surface area contributed by atoms with E-state index in [1.54, 1.807) is 32.0 Å². The second-order valence-corrected chi connectivity index (χ2v) is 7.75. The highest BCUT2D eigenvalue weighted by Gasteiger charge is 2.28. The third-order valence-electron chi connectivity index (χ3n) is 4.64. The van der Waals surface area contributed by atoms with Crippen molar-refractivity contribution in [2.75, 3.05) is 26.1 Å². The van der Waals surface area contributed by atoms with Crippen LogP contribution < -0.4 is 20.1 Å². The van der Waals surface area contributed by atoms with E-state index in [1.807, 2.05) is 0 Å². The number of carbonyl (C=O) groups excluding carboxylic acids is 3. The van der Waals surface area contributed by atoms with Gasteiger partial charge >= 0.3 is 5.97 Å². The van der Waals surface area contributed by atoms with Crippen LogP contribution in [0.4, 0.5) is 11.4 Å². The number of hydrogen-bond acceptors (Lipinski definition) is 8. The summed E-state index contributed by atoms with van der Waals surface area (Å²) in [6.07, 6.45) is 0. The number of hydrogen-bond donors (Lipinski definition) is 2. The van der Waals surface area contributed by atoms with Crippen molar-refractivity contribution in [1.82, 2.24) is 5.32 Å². The zero-order chi connectivity index (χ0) is 25.4. The van der Waals surface area contributed by atoms with Gasteiger partial charge in [0, 0.05) is 18.2 Å². The standard InChI is InChI=1S/C22H24ClN3O8/c1-12(2)20(25-21(28)15-9-13(26(30)31)5-7-16(15)23)22(29)34-11-19(27)24-17-10-14(32-3)6-8-18(17)33-4/h5-10,12,20H,11H2,1-4H3,(H,24,27)(H,25,28)/t20-/m1/s1. The summed E-state index contributed by atoms with van der Waals surface area (Å²) >= 11 is 5.99. The molecule has 0 saturated heterocycles. The van der Waals surface area contributed by atoms with Crippen LogP contribution in [0.3, 0.4) is 0 Å². The highest BCUT2D eigenvalue weighted by Crippen LogP contribution is 2.28. The number of ether oxygens (including phenoxy) is 3. The Morgan fingerprint density at radius 2 is 1.79 bits per heavy atom. The summed E-state index contributed by atoms with van der Waals surface area (Å²) in [5.41, 5.74) is -0.183. The molecule has 0 unspecified atom stereocenters. The van der Waals surface area contributed by atoms with Crippen LogP contribution in [-0.4, -0.2) is 49.6 Å². The van der Waals surface area contributed by atoms with Gasteiger partial charge in [0.2, 0.25) is 0 Å². The van der Waals surface area contributed by atoms with E-state index in [0.717, 1.165) is 12.1 Å². The van der Waals surface area contributed by atoms with Crippen molar-refractivity contribution in [2.45, 2.75) is 19.9 Å². The Morgan fingerprint density at radius 3 is 2.38 bits per heavy atom. The first-order valence-electron chi connectivity index (χ1n) is 10.0. The normalized spacial score (nSPS) is 11.4.